The Morgan fingerprint density at radius 1 is 1.14 bits per heavy atom. The molecule has 21 heavy (non-hydrogen) atoms. The van der Waals surface area contributed by atoms with E-state index in [-0.39, 0.29) is 0 Å². The molecule has 1 heterocycles. The van der Waals surface area contributed by atoms with Crippen molar-refractivity contribution in [1.82, 2.24) is 9.97 Å². The number of aromatic nitrogens is 2. The summed E-state index contributed by atoms with van der Waals surface area (Å²) in [6, 6.07) is 6.51. The van der Waals surface area contributed by atoms with E-state index in [9.17, 15) is 0 Å². The molecule has 0 aliphatic rings. The molecule has 0 amide bonds. The Kier molecular flexibility index (Phi) is 5.14. The minimum absolute atomic E-state index is 0.755. The van der Waals surface area contributed by atoms with Crippen molar-refractivity contribution in [3.05, 3.63) is 47.4 Å². The van der Waals surface area contributed by atoms with E-state index in [0.29, 0.717) is 0 Å². The van der Waals surface area contributed by atoms with Crippen LogP contribution < -0.4 is 10.2 Å². The second-order valence-electron chi connectivity index (χ2n) is 5.47. The molecular weight excluding hydrogens is 260 g/mol. The molecule has 1 N–H and O–H groups in total. The van der Waals surface area contributed by atoms with E-state index in [0.717, 1.165) is 31.0 Å². The van der Waals surface area contributed by atoms with Crippen molar-refractivity contribution < 1.29 is 0 Å². The Labute approximate surface area is 127 Å². The van der Waals surface area contributed by atoms with Gasteiger partial charge in [0.25, 0.3) is 0 Å². The van der Waals surface area contributed by atoms with Gasteiger partial charge in [0.1, 0.15) is 5.82 Å². The first kappa shape index (κ1) is 15.3. The fraction of sp³-hybridized carbons (Fsp3) is 0.412. The number of nitrogens with zero attached hydrogens (tertiary/aromatic N) is 3. The molecular formula is C17H24N4. The molecule has 0 bridgehead atoms. The maximum absolute atomic E-state index is 4.48. The summed E-state index contributed by atoms with van der Waals surface area (Å²) < 4.78 is 0. The molecule has 2 rings (SSSR count). The molecule has 2 aromatic rings. The lowest BCUT2D eigenvalue weighted by Crippen LogP contribution is -2.18. The van der Waals surface area contributed by atoms with E-state index in [1.54, 1.807) is 6.20 Å². The molecule has 4 nitrogen and oxygen atoms in total. The zero-order chi connectivity index (χ0) is 15.2. The maximum Gasteiger partial charge on any atom is 0.144 e. The van der Waals surface area contributed by atoms with Gasteiger partial charge in [0, 0.05) is 19.3 Å². The minimum Gasteiger partial charge on any atom is -0.369 e. The lowest BCUT2D eigenvalue weighted by atomic mass is 10.1. The molecule has 0 aliphatic carbocycles. The van der Waals surface area contributed by atoms with E-state index < -0.39 is 0 Å². The van der Waals surface area contributed by atoms with E-state index >= 15 is 0 Å². The monoisotopic (exact) mass is 284 g/mol. The quantitative estimate of drug-likeness (QED) is 0.880. The normalized spacial score (nSPS) is 10.5. The van der Waals surface area contributed by atoms with Crippen LogP contribution >= 0.6 is 0 Å². The lowest BCUT2D eigenvalue weighted by Gasteiger charge is -2.21. The highest BCUT2D eigenvalue weighted by atomic mass is 15.1. The summed E-state index contributed by atoms with van der Waals surface area (Å²) >= 11 is 0. The molecule has 0 aliphatic heterocycles. The molecule has 0 saturated heterocycles. The number of hydrogen-bond donors (Lipinski definition) is 1. The van der Waals surface area contributed by atoms with Crippen molar-refractivity contribution >= 4 is 11.5 Å². The van der Waals surface area contributed by atoms with E-state index in [2.05, 4.69) is 66.2 Å². The molecule has 1 aromatic heterocycles. The van der Waals surface area contributed by atoms with Crippen molar-refractivity contribution in [2.75, 3.05) is 23.8 Å². The Morgan fingerprint density at radius 2 is 1.95 bits per heavy atom. The van der Waals surface area contributed by atoms with Crippen LogP contribution in [0.1, 0.15) is 30.2 Å². The van der Waals surface area contributed by atoms with Crippen LogP contribution in [0.25, 0.3) is 0 Å². The predicted octanol–water partition coefficient (Wildman–Crippen LogP) is 3.55. The van der Waals surface area contributed by atoms with Gasteiger partial charge in [0.05, 0.1) is 24.6 Å². The second kappa shape index (κ2) is 7.07. The van der Waals surface area contributed by atoms with Crippen LogP contribution in [-0.4, -0.2) is 23.6 Å². The maximum atomic E-state index is 4.48. The fourth-order valence-corrected chi connectivity index (χ4v) is 2.34. The molecule has 0 unspecified atom stereocenters. The third-order valence-electron chi connectivity index (χ3n) is 3.42. The van der Waals surface area contributed by atoms with E-state index in [1.807, 2.05) is 6.20 Å². The molecule has 1 aromatic carbocycles. The van der Waals surface area contributed by atoms with Crippen LogP contribution in [0.3, 0.4) is 0 Å². The number of anilines is 2. The van der Waals surface area contributed by atoms with Gasteiger partial charge in [0.2, 0.25) is 0 Å². The molecule has 0 atom stereocenters. The van der Waals surface area contributed by atoms with Gasteiger partial charge in [0.15, 0.2) is 0 Å². The summed E-state index contributed by atoms with van der Waals surface area (Å²) in [5.74, 6) is 0.842. The van der Waals surface area contributed by atoms with Crippen molar-refractivity contribution in [2.24, 2.45) is 0 Å². The van der Waals surface area contributed by atoms with Crippen LogP contribution in [0, 0.1) is 13.8 Å². The van der Waals surface area contributed by atoms with Gasteiger partial charge in [-0.2, -0.15) is 0 Å². The standard InChI is InChI=1S/C17H24N4/c1-5-8-18-17-11-19-15(10-20-17)12-21(4)16-7-6-13(2)9-14(16)3/h6-7,9-11H,5,8,12H2,1-4H3,(H,18,20). The smallest absolute Gasteiger partial charge is 0.144 e. The predicted molar refractivity (Wildman–Crippen MR) is 88.8 cm³/mol. The molecule has 0 saturated carbocycles. The number of nitrogens with one attached hydrogen (secondary N) is 1. The summed E-state index contributed by atoms with van der Waals surface area (Å²) in [5, 5.41) is 3.23. The van der Waals surface area contributed by atoms with Crippen LogP contribution in [0.2, 0.25) is 0 Å². The first-order valence-corrected chi connectivity index (χ1v) is 7.43. The minimum atomic E-state index is 0.755. The van der Waals surface area contributed by atoms with Gasteiger partial charge in [-0.05, 0) is 31.9 Å². The largest absolute Gasteiger partial charge is 0.369 e. The molecule has 0 fully saturated rings. The van der Waals surface area contributed by atoms with Gasteiger partial charge < -0.3 is 10.2 Å². The highest BCUT2D eigenvalue weighted by Gasteiger charge is 2.07. The summed E-state index contributed by atoms with van der Waals surface area (Å²) in [6.45, 7) is 8.07. The Balaban J connectivity index is 2.03. The molecule has 4 heteroatoms. The number of aryl methyl sites for hydroxylation is 2. The van der Waals surface area contributed by atoms with Crippen LogP contribution in [0.5, 0.6) is 0 Å². The first-order valence-electron chi connectivity index (χ1n) is 7.43. The van der Waals surface area contributed by atoms with Crippen molar-refractivity contribution in [1.29, 1.82) is 0 Å². The highest BCUT2D eigenvalue weighted by molar-refractivity contribution is 5.53. The van der Waals surface area contributed by atoms with Gasteiger partial charge in [-0.15, -0.1) is 0 Å². The van der Waals surface area contributed by atoms with Gasteiger partial charge >= 0.3 is 0 Å². The Hall–Kier alpha value is -2.10. The Bertz CT molecular complexity index is 578. The van der Waals surface area contributed by atoms with Crippen LogP contribution in [-0.2, 0) is 6.54 Å². The zero-order valence-electron chi connectivity index (χ0n) is 13.3. The molecule has 0 spiro atoms. The topological polar surface area (TPSA) is 41.1 Å². The number of rotatable bonds is 6. The van der Waals surface area contributed by atoms with Gasteiger partial charge in [-0.25, -0.2) is 4.98 Å². The average Bonchev–Trinajstić information content (AvgIpc) is 2.46. The number of benzene rings is 1. The third-order valence-corrected chi connectivity index (χ3v) is 3.42. The zero-order valence-corrected chi connectivity index (χ0v) is 13.3. The van der Waals surface area contributed by atoms with Crippen LogP contribution in [0.4, 0.5) is 11.5 Å². The summed E-state index contributed by atoms with van der Waals surface area (Å²) in [5.41, 5.74) is 4.78. The summed E-state index contributed by atoms with van der Waals surface area (Å²) in [6.07, 6.45) is 4.73. The summed E-state index contributed by atoms with van der Waals surface area (Å²) in [4.78, 5) is 11.1. The number of hydrogen-bond acceptors (Lipinski definition) is 4. The van der Waals surface area contributed by atoms with Crippen LogP contribution in [0.15, 0.2) is 30.6 Å². The third kappa shape index (κ3) is 4.18. The van der Waals surface area contributed by atoms with E-state index in [1.165, 1.54) is 16.8 Å². The van der Waals surface area contributed by atoms with Crippen molar-refractivity contribution in [3.8, 4) is 0 Å². The second-order valence-corrected chi connectivity index (χ2v) is 5.47. The summed E-state index contributed by atoms with van der Waals surface area (Å²) in [7, 11) is 2.09. The molecule has 0 radical (unpaired) electrons. The van der Waals surface area contributed by atoms with Crippen molar-refractivity contribution in [2.45, 2.75) is 33.7 Å². The highest BCUT2D eigenvalue weighted by Crippen LogP contribution is 2.21. The van der Waals surface area contributed by atoms with Gasteiger partial charge in [-0.1, -0.05) is 24.6 Å². The average molecular weight is 284 g/mol. The lowest BCUT2D eigenvalue weighted by molar-refractivity contribution is 0.866. The van der Waals surface area contributed by atoms with E-state index in [4.69, 9.17) is 0 Å². The fourth-order valence-electron chi connectivity index (χ4n) is 2.34. The molecule has 112 valence electrons. The van der Waals surface area contributed by atoms with Crippen molar-refractivity contribution in [3.63, 3.8) is 0 Å². The SMILES string of the molecule is CCCNc1cnc(CN(C)c2ccc(C)cc2C)cn1. The van der Waals surface area contributed by atoms with Gasteiger partial charge in [-0.3, -0.25) is 4.98 Å². The Morgan fingerprint density at radius 3 is 2.57 bits per heavy atom. The first-order chi connectivity index (χ1) is 10.1.